The second-order valence-electron chi connectivity index (χ2n) is 6.35. The van der Waals surface area contributed by atoms with Crippen LogP contribution in [0.4, 0.5) is 0 Å². The van der Waals surface area contributed by atoms with E-state index in [9.17, 15) is 4.79 Å². The van der Waals surface area contributed by atoms with Crippen LogP contribution in [0.25, 0.3) is 0 Å². The van der Waals surface area contributed by atoms with Gasteiger partial charge in [-0.3, -0.25) is 4.79 Å². The first-order chi connectivity index (χ1) is 11.2. The Balaban J connectivity index is 0.00000208. The highest BCUT2D eigenvalue weighted by atomic mass is 35.5. The number of benzene rings is 2. The average Bonchev–Trinajstić information content (AvgIpc) is 2.63. The molecule has 0 radical (unpaired) electrons. The summed E-state index contributed by atoms with van der Waals surface area (Å²) in [5.74, 6) is 0.712. The molecule has 1 amide bonds. The summed E-state index contributed by atoms with van der Waals surface area (Å²) in [7, 11) is 0. The van der Waals surface area contributed by atoms with Crippen molar-refractivity contribution >= 4 is 18.3 Å². The summed E-state index contributed by atoms with van der Waals surface area (Å²) < 4.78 is 0. The molecule has 0 bridgehead atoms. The zero-order valence-corrected chi connectivity index (χ0v) is 14.6. The van der Waals surface area contributed by atoms with Crippen LogP contribution in [0.5, 0.6) is 0 Å². The number of amides is 1. The summed E-state index contributed by atoms with van der Waals surface area (Å²) in [6.07, 6.45) is 3.22. The van der Waals surface area contributed by atoms with E-state index in [2.05, 4.69) is 30.3 Å². The van der Waals surface area contributed by atoms with Crippen LogP contribution in [0.3, 0.4) is 0 Å². The molecule has 3 nitrogen and oxygen atoms in total. The summed E-state index contributed by atoms with van der Waals surface area (Å²) in [6.45, 7) is 1.63. The van der Waals surface area contributed by atoms with Gasteiger partial charge in [0.05, 0.1) is 0 Å². The van der Waals surface area contributed by atoms with Gasteiger partial charge < -0.3 is 10.6 Å². The zero-order chi connectivity index (χ0) is 16.1. The van der Waals surface area contributed by atoms with Crippen molar-refractivity contribution in [3.05, 3.63) is 71.8 Å². The van der Waals surface area contributed by atoms with Crippen LogP contribution in [-0.2, 0) is 11.2 Å². The first-order valence-corrected chi connectivity index (χ1v) is 8.37. The molecule has 1 unspecified atom stereocenters. The monoisotopic (exact) mass is 344 g/mol. The van der Waals surface area contributed by atoms with E-state index >= 15 is 0 Å². The second kappa shape index (κ2) is 8.86. The van der Waals surface area contributed by atoms with E-state index in [-0.39, 0.29) is 18.3 Å². The third-order valence-electron chi connectivity index (χ3n) is 4.72. The Morgan fingerprint density at radius 2 is 1.54 bits per heavy atom. The fraction of sp³-hybridized carbons (Fsp3) is 0.350. The highest BCUT2D eigenvalue weighted by molar-refractivity contribution is 5.85. The first kappa shape index (κ1) is 18.5. The van der Waals surface area contributed by atoms with Gasteiger partial charge in [-0.2, -0.15) is 0 Å². The van der Waals surface area contributed by atoms with E-state index in [1.165, 1.54) is 5.56 Å². The van der Waals surface area contributed by atoms with Gasteiger partial charge in [-0.1, -0.05) is 60.7 Å². The van der Waals surface area contributed by atoms with Crippen LogP contribution >= 0.6 is 12.4 Å². The standard InChI is InChI=1S/C20H24N2O.ClH/c21-19(18-9-5-2-6-10-18)20(23)22-13-11-17(12-14-22)15-16-7-3-1-4-8-16;/h1-10,17,19H,11-15,21H2;1H. The third-order valence-corrected chi connectivity index (χ3v) is 4.72. The van der Waals surface area contributed by atoms with Gasteiger partial charge in [0.2, 0.25) is 5.91 Å². The highest BCUT2D eigenvalue weighted by Gasteiger charge is 2.27. The normalized spacial score (nSPS) is 16.3. The maximum Gasteiger partial charge on any atom is 0.244 e. The number of nitrogens with two attached hydrogens (primary N) is 1. The molecule has 1 atom stereocenters. The van der Waals surface area contributed by atoms with Crippen LogP contribution in [0.2, 0.25) is 0 Å². The number of hydrogen-bond acceptors (Lipinski definition) is 2. The molecular formula is C20H25ClN2O. The van der Waals surface area contributed by atoms with Crippen molar-refractivity contribution < 1.29 is 4.79 Å². The smallest absolute Gasteiger partial charge is 0.244 e. The lowest BCUT2D eigenvalue weighted by Gasteiger charge is -2.33. The lowest BCUT2D eigenvalue weighted by atomic mass is 9.90. The number of hydrogen-bond donors (Lipinski definition) is 1. The molecule has 0 aromatic heterocycles. The van der Waals surface area contributed by atoms with Gasteiger partial charge in [-0.05, 0) is 36.3 Å². The van der Waals surface area contributed by atoms with Crippen molar-refractivity contribution in [3.63, 3.8) is 0 Å². The number of halogens is 1. The Morgan fingerprint density at radius 3 is 2.12 bits per heavy atom. The number of likely N-dealkylation sites (tertiary alicyclic amines) is 1. The number of piperidine rings is 1. The quantitative estimate of drug-likeness (QED) is 0.921. The van der Waals surface area contributed by atoms with Crippen LogP contribution in [-0.4, -0.2) is 23.9 Å². The van der Waals surface area contributed by atoms with Gasteiger partial charge in [-0.25, -0.2) is 0 Å². The molecule has 2 aromatic carbocycles. The van der Waals surface area contributed by atoms with Gasteiger partial charge in [0.25, 0.3) is 0 Å². The largest absolute Gasteiger partial charge is 0.341 e. The number of rotatable bonds is 4. The molecule has 24 heavy (non-hydrogen) atoms. The Kier molecular flexibility index (Phi) is 6.83. The Hall–Kier alpha value is -1.84. The van der Waals surface area contributed by atoms with Gasteiger partial charge >= 0.3 is 0 Å². The summed E-state index contributed by atoms with van der Waals surface area (Å²) in [6, 6.07) is 19.7. The number of carbonyl (C=O) groups excluding carboxylic acids is 1. The molecule has 4 heteroatoms. The minimum atomic E-state index is -0.540. The third kappa shape index (κ3) is 4.59. The lowest BCUT2D eigenvalue weighted by molar-refractivity contribution is -0.134. The average molecular weight is 345 g/mol. The van der Waals surface area contributed by atoms with Crippen molar-refractivity contribution in [1.82, 2.24) is 4.90 Å². The van der Waals surface area contributed by atoms with Crippen LogP contribution < -0.4 is 5.73 Å². The van der Waals surface area contributed by atoms with Crippen molar-refractivity contribution in [2.45, 2.75) is 25.3 Å². The fourth-order valence-corrected chi connectivity index (χ4v) is 3.30. The second-order valence-corrected chi connectivity index (χ2v) is 6.35. The minimum Gasteiger partial charge on any atom is -0.341 e. The van der Waals surface area contributed by atoms with E-state index in [1.807, 2.05) is 35.2 Å². The molecule has 2 aromatic rings. The summed E-state index contributed by atoms with van der Waals surface area (Å²) in [4.78, 5) is 14.5. The molecular weight excluding hydrogens is 320 g/mol. The van der Waals surface area contributed by atoms with Crippen LogP contribution in [0, 0.1) is 5.92 Å². The molecule has 1 saturated heterocycles. The predicted octanol–water partition coefficient (Wildman–Crippen LogP) is 3.59. The molecule has 128 valence electrons. The van der Waals surface area contributed by atoms with Gasteiger partial charge in [0, 0.05) is 13.1 Å². The first-order valence-electron chi connectivity index (χ1n) is 8.37. The summed E-state index contributed by atoms with van der Waals surface area (Å²) in [5, 5.41) is 0. The van der Waals surface area contributed by atoms with Crippen molar-refractivity contribution in [3.8, 4) is 0 Å². The molecule has 3 rings (SSSR count). The predicted molar refractivity (Wildman–Crippen MR) is 100 cm³/mol. The molecule has 1 heterocycles. The molecule has 0 aliphatic carbocycles. The minimum absolute atomic E-state index is 0. The zero-order valence-electron chi connectivity index (χ0n) is 13.8. The lowest BCUT2D eigenvalue weighted by Crippen LogP contribution is -2.43. The summed E-state index contributed by atoms with van der Waals surface area (Å²) in [5.41, 5.74) is 8.42. The fourth-order valence-electron chi connectivity index (χ4n) is 3.30. The van der Waals surface area contributed by atoms with E-state index in [4.69, 9.17) is 5.73 Å². The Bertz CT molecular complexity index is 625. The van der Waals surface area contributed by atoms with Crippen molar-refractivity contribution in [2.24, 2.45) is 11.7 Å². The molecule has 2 N–H and O–H groups in total. The number of carbonyl (C=O) groups is 1. The SMILES string of the molecule is Cl.NC(C(=O)N1CCC(Cc2ccccc2)CC1)c1ccccc1. The van der Waals surface area contributed by atoms with Crippen molar-refractivity contribution in [2.75, 3.05) is 13.1 Å². The maximum atomic E-state index is 12.6. The van der Waals surface area contributed by atoms with E-state index in [0.717, 1.165) is 37.9 Å². The van der Waals surface area contributed by atoms with Crippen LogP contribution in [0.1, 0.15) is 30.0 Å². The molecule has 0 saturated carbocycles. The van der Waals surface area contributed by atoms with E-state index in [1.54, 1.807) is 0 Å². The Morgan fingerprint density at radius 1 is 1.00 bits per heavy atom. The molecule has 1 aliphatic rings. The number of nitrogens with zero attached hydrogens (tertiary/aromatic N) is 1. The van der Waals surface area contributed by atoms with Gasteiger partial charge in [0.15, 0.2) is 0 Å². The molecule has 1 fully saturated rings. The Labute approximate surface area is 150 Å². The van der Waals surface area contributed by atoms with Gasteiger partial charge in [-0.15, -0.1) is 12.4 Å². The van der Waals surface area contributed by atoms with Crippen molar-refractivity contribution in [1.29, 1.82) is 0 Å². The molecule has 1 aliphatic heterocycles. The van der Waals surface area contributed by atoms with E-state index in [0.29, 0.717) is 5.92 Å². The maximum absolute atomic E-state index is 12.6. The highest BCUT2D eigenvalue weighted by Crippen LogP contribution is 2.23. The molecule has 0 spiro atoms. The van der Waals surface area contributed by atoms with E-state index < -0.39 is 6.04 Å². The topological polar surface area (TPSA) is 46.3 Å². The summed E-state index contributed by atoms with van der Waals surface area (Å²) >= 11 is 0. The van der Waals surface area contributed by atoms with Gasteiger partial charge in [0.1, 0.15) is 6.04 Å². The van der Waals surface area contributed by atoms with Crippen LogP contribution in [0.15, 0.2) is 60.7 Å².